The Bertz CT molecular complexity index is 724. The molecule has 142 valence electrons. The number of guanidine groups is 1. The van der Waals surface area contributed by atoms with Crippen molar-refractivity contribution in [2.75, 3.05) is 44.7 Å². The van der Waals surface area contributed by atoms with Crippen molar-refractivity contribution in [2.24, 2.45) is 12.0 Å². The summed E-state index contributed by atoms with van der Waals surface area (Å²) in [6, 6.07) is 8.05. The first-order valence-electron chi connectivity index (χ1n) is 8.59. The van der Waals surface area contributed by atoms with E-state index in [9.17, 15) is 0 Å². The number of aromatic nitrogens is 2. The van der Waals surface area contributed by atoms with Crippen LogP contribution in [0, 0.1) is 0 Å². The van der Waals surface area contributed by atoms with Crippen LogP contribution in [0.1, 0.15) is 5.56 Å². The minimum Gasteiger partial charge on any atom is -0.368 e. The van der Waals surface area contributed by atoms with Gasteiger partial charge in [0.2, 0.25) is 0 Å². The Morgan fingerprint density at radius 2 is 2.04 bits per heavy atom. The molecule has 8 heteroatoms. The number of benzene rings is 1. The molecule has 1 aliphatic rings. The fourth-order valence-electron chi connectivity index (χ4n) is 3.10. The Kier molecular flexibility index (Phi) is 8.02. The third-order valence-electron chi connectivity index (χ3n) is 4.42. The topological polar surface area (TPSA) is 48.7 Å². The van der Waals surface area contributed by atoms with E-state index >= 15 is 0 Å². The smallest absolute Gasteiger partial charge is 0.193 e. The second-order valence-electron chi connectivity index (χ2n) is 6.20. The van der Waals surface area contributed by atoms with Crippen molar-refractivity contribution >= 4 is 47.2 Å². The number of halogens is 2. The minimum absolute atomic E-state index is 0. The van der Waals surface area contributed by atoms with Crippen LogP contribution < -0.4 is 10.2 Å². The van der Waals surface area contributed by atoms with Crippen molar-refractivity contribution in [1.29, 1.82) is 0 Å². The van der Waals surface area contributed by atoms with Gasteiger partial charge in [0.05, 0.1) is 6.20 Å². The van der Waals surface area contributed by atoms with Crippen LogP contribution in [0.5, 0.6) is 0 Å². The molecule has 0 spiro atoms. The van der Waals surface area contributed by atoms with Crippen molar-refractivity contribution in [1.82, 2.24) is 20.0 Å². The zero-order valence-corrected chi connectivity index (χ0v) is 18.3. The van der Waals surface area contributed by atoms with Gasteiger partial charge in [0.25, 0.3) is 0 Å². The normalized spacial score (nSPS) is 15.0. The van der Waals surface area contributed by atoms with E-state index in [0.717, 1.165) is 50.1 Å². The fraction of sp³-hybridized carbons (Fsp3) is 0.444. The standard InChI is InChI=1S/C18H25ClN6.HI/c1-20-18(21-7-6-15-13-22-23(2)14-15)25-10-8-24(9-11-25)17-5-3-4-16(19)12-17;/h3-5,12-14H,6-11H2,1-2H3,(H,20,21);1H. The molecule has 1 saturated heterocycles. The van der Waals surface area contributed by atoms with Crippen molar-refractivity contribution in [3.8, 4) is 0 Å². The number of anilines is 1. The summed E-state index contributed by atoms with van der Waals surface area (Å²) in [4.78, 5) is 9.11. The third kappa shape index (κ3) is 5.51. The minimum atomic E-state index is 0. The van der Waals surface area contributed by atoms with Gasteiger partial charge in [-0.1, -0.05) is 17.7 Å². The lowest BCUT2D eigenvalue weighted by molar-refractivity contribution is 0.373. The lowest BCUT2D eigenvalue weighted by atomic mass is 10.2. The van der Waals surface area contributed by atoms with Gasteiger partial charge in [-0.2, -0.15) is 5.10 Å². The number of hydrogen-bond donors (Lipinski definition) is 1. The molecular formula is C18H26ClIN6. The first kappa shape index (κ1) is 20.8. The van der Waals surface area contributed by atoms with Gasteiger partial charge in [-0.3, -0.25) is 9.67 Å². The van der Waals surface area contributed by atoms with Crippen LogP contribution in [0.2, 0.25) is 5.02 Å². The van der Waals surface area contributed by atoms with Gasteiger partial charge < -0.3 is 15.1 Å². The second kappa shape index (κ2) is 10.0. The molecule has 1 fully saturated rings. The molecule has 1 N–H and O–H groups in total. The largest absolute Gasteiger partial charge is 0.368 e. The van der Waals surface area contributed by atoms with Crippen molar-refractivity contribution in [2.45, 2.75) is 6.42 Å². The second-order valence-corrected chi connectivity index (χ2v) is 6.64. The third-order valence-corrected chi connectivity index (χ3v) is 4.65. The van der Waals surface area contributed by atoms with Crippen LogP contribution in [-0.4, -0.2) is 60.4 Å². The number of rotatable bonds is 4. The maximum atomic E-state index is 6.10. The molecule has 6 nitrogen and oxygen atoms in total. The summed E-state index contributed by atoms with van der Waals surface area (Å²) in [7, 11) is 3.78. The van der Waals surface area contributed by atoms with Gasteiger partial charge >= 0.3 is 0 Å². The Labute approximate surface area is 177 Å². The number of aryl methyl sites for hydroxylation is 1. The van der Waals surface area contributed by atoms with E-state index in [2.05, 4.69) is 31.3 Å². The first-order valence-corrected chi connectivity index (χ1v) is 8.97. The number of hydrogen-bond acceptors (Lipinski definition) is 3. The predicted molar refractivity (Wildman–Crippen MR) is 119 cm³/mol. The van der Waals surface area contributed by atoms with Crippen molar-refractivity contribution in [3.63, 3.8) is 0 Å². The molecule has 26 heavy (non-hydrogen) atoms. The van der Waals surface area contributed by atoms with Crippen LogP contribution in [-0.2, 0) is 13.5 Å². The highest BCUT2D eigenvalue weighted by molar-refractivity contribution is 14.0. The van der Waals surface area contributed by atoms with Gasteiger partial charge in [-0.25, -0.2) is 0 Å². The summed E-state index contributed by atoms with van der Waals surface area (Å²) in [5.74, 6) is 0.967. The van der Waals surface area contributed by atoms with E-state index in [0.29, 0.717) is 0 Å². The van der Waals surface area contributed by atoms with Crippen LogP contribution in [0.15, 0.2) is 41.7 Å². The molecule has 2 aromatic rings. The highest BCUT2D eigenvalue weighted by atomic mass is 127. The summed E-state index contributed by atoms with van der Waals surface area (Å²) in [6.45, 7) is 4.67. The summed E-state index contributed by atoms with van der Waals surface area (Å²) in [6.07, 6.45) is 4.90. The molecule has 0 radical (unpaired) electrons. The van der Waals surface area contributed by atoms with Gasteiger partial charge in [-0.05, 0) is 30.2 Å². The van der Waals surface area contributed by atoms with E-state index in [-0.39, 0.29) is 24.0 Å². The van der Waals surface area contributed by atoms with Crippen LogP contribution in [0.4, 0.5) is 5.69 Å². The van der Waals surface area contributed by atoms with Crippen LogP contribution in [0.3, 0.4) is 0 Å². The number of piperazine rings is 1. The Morgan fingerprint density at radius 1 is 1.27 bits per heavy atom. The summed E-state index contributed by atoms with van der Waals surface area (Å²) >= 11 is 6.10. The molecule has 0 atom stereocenters. The molecule has 3 rings (SSSR count). The van der Waals surface area contributed by atoms with Gasteiger partial charge in [0.1, 0.15) is 0 Å². The highest BCUT2D eigenvalue weighted by Crippen LogP contribution is 2.20. The predicted octanol–water partition coefficient (Wildman–Crippen LogP) is 2.63. The van der Waals surface area contributed by atoms with Gasteiger partial charge in [0.15, 0.2) is 5.96 Å². The van der Waals surface area contributed by atoms with E-state index < -0.39 is 0 Å². The summed E-state index contributed by atoms with van der Waals surface area (Å²) in [5, 5.41) is 8.45. The lowest BCUT2D eigenvalue weighted by Gasteiger charge is -2.37. The maximum Gasteiger partial charge on any atom is 0.193 e. The zero-order valence-electron chi connectivity index (χ0n) is 15.2. The maximum absolute atomic E-state index is 6.10. The monoisotopic (exact) mass is 488 g/mol. The molecule has 1 aromatic carbocycles. The van der Waals surface area contributed by atoms with E-state index in [1.54, 1.807) is 0 Å². The van der Waals surface area contributed by atoms with Crippen LogP contribution in [0.25, 0.3) is 0 Å². The molecule has 0 aliphatic carbocycles. The van der Waals surface area contributed by atoms with E-state index in [4.69, 9.17) is 11.6 Å². The van der Waals surface area contributed by atoms with Crippen molar-refractivity contribution in [3.05, 3.63) is 47.2 Å². The van der Waals surface area contributed by atoms with Crippen molar-refractivity contribution < 1.29 is 0 Å². The Balaban J connectivity index is 0.00000243. The molecule has 0 unspecified atom stereocenters. The van der Waals surface area contributed by atoms with Gasteiger partial charge in [-0.15, -0.1) is 24.0 Å². The lowest BCUT2D eigenvalue weighted by Crippen LogP contribution is -2.52. The molecule has 1 aromatic heterocycles. The highest BCUT2D eigenvalue weighted by Gasteiger charge is 2.19. The van der Waals surface area contributed by atoms with Gasteiger partial charge in [0, 0.05) is 63.7 Å². The fourth-order valence-corrected chi connectivity index (χ4v) is 3.29. The average Bonchev–Trinajstić information content (AvgIpc) is 3.04. The van der Waals surface area contributed by atoms with Crippen LogP contribution >= 0.6 is 35.6 Å². The summed E-state index contributed by atoms with van der Waals surface area (Å²) < 4.78 is 1.83. The zero-order chi connectivity index (χ0) is 17.6. The molecule has 0 bridgehead atoms. The Hall–Kier alpha value is -1.48. The molecule has 0 amide bonds. The molecular weight excluding hydrogens is 463 g/mol. The SMILES string of the molecule is CN=C(NCCc1cnn(C)c1)N1CCN(c2cccc(Cl)c2)CC1.I. The van der Waals surface area contributed by atoms with E-state index in [1.165, 1.54) is 11.3 Å². The average molecular weight is 489 g/mol. The Morgan fingerprint density at radius 3 is 2.65 bits per heavy atom. The summed E-state index contributed by atoms with van der Waals surface area (Å²) in [5.41, 5.74) is 2.42. The number of nitrogens with zero attached hydrogens (tertiary/aromatic N) is 5. The molecule has 2 heterocycles. The quantitative estimate of drug-likeness (QED) is 0.408. The first-order chi connectivity index (χ1) is 12.2. The van der Waals surface area contributed by atoms with E-state index in [1.807, 2.05) is 49.4 Å². The number of aliphatic imine (C=N–C) groups is 1. The number of nitrogens with one attached hydrogen (secondary N) is 1. The molecule has 0 saturated carbocycles. The molecule has 1 aliphatic heterocycles.